The van der Waals surface area contributed by atoms with E-state index in [0.29, 0.717) is 5.75 Å². The molecule has 0 aliphatic heterocycles. The molecule has 6 rings (SSSR count). The van der Waals surface area contributed by atoms with Crippen LogP contribution in [0.15, 0.2) is 82.9 Å². The maximum Gasteiger partial charge on any atom is 0.130 e. The Balaban J connectivity index is 0.000000152. The van der Waals surface area contributed by atoms with E-state index in [1.807, 2.05) is 6.07 Å². The van der Waals surface area contributed by atoms with E-state index in [-0.39, 0.29) is 10.8 Å². The van der Waals surface area contributed by atoms with Gasteiger partial charge in [0.1, 0.15) is 5.75 Å². The van der Waals surface area contributed by atoms with Crippen LogP contribution in [0.1, 0.15) is 69.2 Å². The van der Waals surface area contributed by atoms with Crippen molar-refractivity contribution in [2.75, 3.05) is 0 Å². The summed E-state index contributed by atoms with van der Waals surface area (Å²) in [5.74, 6) is 0.311. The summed E-state index contributed by atoms with van der Waals surface area (Å²) in [5, 5.41) is 12.2. The summed E-state index contributed by atoms with van der Waals surface area (Å²) in [6, 6.07) is 17.0. The largest absolute Gasteiger partial charge is 0.507 e. The molecule has 0 radical (unpaired) electrons. The van der Waals surface area contributed by atoms with Gasteiger partial charge in [0.15, 0.2) is 0 Å². The van der Waals surface area contributed by atoms with Gasteiger partial charge in [-0.05, 0) is 92.3 Å². The lowest BCUT2D eigenvalue weighted by atomic mass is 9.68. The molecular weight excluding hydrogens is 480 g/mol. The first-order valence-electron chi connectivity index (χ1n) is 12.3. The fourth-order valence-electron chi connectivity index (χ4n) is 5.65. The molecule has 1 N–H and O–H groups in total. The Morgan fingerprint density at radius 2 is 1.50 bits per heavy atom. The minimum atomic E-state index is 0.187. The number of phenols is 1. The van der Waals surface area contributed by atoms with Crippen LogP contribution in [0.3, 0.4) is 0 Å². The number of phenolic OH excluding ortho intramolecular Hbond substituents is 1. The maximum absolute atomic E-state index is 9.84. The Bertz CT molecular complexity index is 1330. The summed E-state index contributed by atoms with van der Waals surface area (Å²) >= 11 is 3.44. The first-order valence-corrected chi connectivity index (χ1v) is 13.1. The number of benzene rings is 3. The predicted molar refractivity (Wildman–Crippen MR) is 149 cm³/mol. The molecule has 0 bridgehead atoms. The zero-order valence-electron chi connectivity index (χ0n) is 20.6. The zero-order valence-corrected chi connectivity index (χ0v) is 22.2. The molecule has 3 aliphatic carbocycles. The third-order valence-electron chi connectivity index (χ3n) is 7.68. The summed E-state index contributed by atoms with van der Waals surface area (Å²) in [6.07, 6.45) is 13.9. The number of rotatable bonds is 0. The smallest absolute Gasteiger partial charge is 0.130 e. The normalized spacial score (nSPS) is 19.1. The molecule has 174 valence electrons. The van der Waals surface area contributed by atoms with E-state index in [1.165, 1.54) is 52.5 Å². The summed E-state index contributed by atoms with van der Waals surface area (Å²) < 4.78 is 0.775. The van der Waals surface area contributed by atoms with Gasteiger partial charge in [-0.2, -0.15) is 0 Å². The van der Waals surface area contributed by atoms with Crippen molar-refractivity contribution in [1.29, 1.82) is 0 Å². The third kappa shape index (κ3) is 4.07. The first kappa shape index (κ1) is 23.2. The van der Waals surface area contributed by atoms with Gasteiger partial charge < -0.3 is 5.11 Å². The molecule has 0 fully saturated rings. The molecule has 1 nitrogen and oxygen atoms in total. The van der Waals surface area contributed by atoms with Crippen molar-refractivity contribution < 1.29 is 5.11 Å². The molecular formula is C32H33BrO. The van der Waals surface area contributed by atoms with Crippen molar-refractivity contribution in [2.24, 2.45) is 0 Å². The summed E-state index contributed by atoms with van der Waals surface area (Å²) in [7, 11) is 0. The molecule has 34 heavy (non-hydrogen) atoms. The fraction of sp³-hybridized carbons (Fsp3) is 0.312. The molecule has 2 heteroatoms. The van der Waals surface area contributed by atoms with Crippen molar-refractivity contribution >= 4 is 32.3 Å². The van der Waals surface area contributed by atoms with Gasteiger partial charge in [0.2, 0.25) is 0 Å². The lowest BCUT2D eigenvalue weighted by Gasteiger charge is -2.36. The van der Waals surface area contributed by atoms with Crippen LogP contribution in [0.2, 0.25) is 0 Å². The SMILES string of the molecule is CC1(C)C=CC(C)(C)c2ccccc21.Oc1cc2ccc3c(c2cc1Br)CCC1=C3C=CCC1. The van der Waals surface area contributed by atoms with Gasteiger partial charge in [0.25, 0.3) is 0 Å². The van der Waals surface area contributed by atoms with E-state index in [9.17, 15) is 5.11 Å². The number of allylic oxidation sites excluding steroid dienone is 6. The van der Waals surface area contributed by atoms with Crippen molar-refractivity contribution in [1.82, 2.24) is 0 Å². The van der Waals surface area contributed by atoms with Gasteiger partial charge in [0.05, 0.1) is 4.47 Å². The fourth-order valence-corrected chi connectivity index (χ4v) is 5.99. The van der Waals surface area contributed by atoms with Crippen LogP contribution in [0, 0.1) is 0 Å². The van der Waals surface area contributed by atoms with Crippen LogP contribution in [-0.2, 0) is 17.3 Å². The topological polar surface area (TPSA) is 20.2 Å². The Labute approximate surface area is 212 Å². The van der Waals surface area contributed by atoms with Crippen LogP contribution in [0.4, 0.5) is 0 Å². The van der Waals surface area contributed by atoms with E-state index in [0.717, 1.165) is 16.3 Å². The number of fused-ring (bicyclic) bond motifs is 5. The molecule has 0 spiro atoms. The number of halogens is 1. The van der Waals surface area contributed by atoms with Gasteiger partial charge in [-0.25, -0.2) is 0 Å². The van der Waals surface area contributed by atoms with Crippen LogP contribution in [-0.4, -0.2) is 5.11 Å². The zero-order chi connectivity index (χ0) is 24.1. The second-order valence-corrected chi connectivity index (χ2v) is 11.8. The molecule has 0 saturated heterocycles. The van der Waals surface area contributed by atoms with Crippen LogP contribution in [0.5, 0.6) is 5.75 Å². The average molecular weight is 514 g/mol. The molecule has 0 amide bonds. The number of aromatic hydroxyl groups is 1. The van der Waals surface area contributed by atoms with Gasteiger partial charge in [0, 0.05) is 10.8 Å². The van der Waals surface area contributed by atoms with Crippen molar-refractivity contribution in [2.45, 2.75) is 64.2 Å². The molecule has 3 aliphatic rings. The van der Waals surface area contributed by atoms with E-state index in [1.54, 1.807) is 5.57 Å². The average Bonchev–Trinajstić information content (AvgIpc) is 2.83. The number of hydrogen-bond acceptors (Lipinski definition) is 1. The van der Waals surface area contributed by atoms with Gasteiger partial charge in [-0.1, -0.05) is 94.0 Å². The van der Waals surface area contributed by atoms with E-state index in [2.05, 4.69) is 110 Å². The van der Waals surface area contributed by atoms with Crippen molar-refractivity contribution in [3.05, 3.63) is 105 Å². The summed E-state index contributed by atoms with van der Waals surface area (Å²) in [6.45, 7) is 9.10. The lowest BCUT2D eigenvalue weighted by molar-refractivity contribution is 0.473. The van der Waals surface area contributed by atoms with Gasteiger partial charge in [-0.3, -0.25) is 0 Å². The third-order valence-corrected chi connectivity index (χ3v) is 8.31. The quantitative estimate of drug-likeness (QED) is 0.297. The highest BCUT2D eigenvalue weighted by atomic mass is 79.9. The summed E-state index contributed by atoms with van der Waals surface area (Å²) in [5.41, 5.74) is 9.15. The molecule has 3 aromatic carbocycles. The minimum absolute atomic E-state index is 0.187. The molecule has 0 saturated carbocycles. The second kappa shape index (κ2) is 8.57. The summed E-state index contributed by atoms with van der Waals surface area (Å²) in [4.78, 5) is 0. The molecule has 0 aromatic heterocycles. The van der Waals surface area contributed by atoms with Crippen LogP contribution >= 0.6 is 15.9 Å². The van der Waals surface area contributed by atoms with Gasteiger partial charge in [-0.15, -0.1) is 0 Å². The molecule has 0 unspecified atom stereocenters. The number of hydrogen-bond donors (Lipinski definition) is 1. The monoisotopic (exact) mass is 512 g/mol. The first-order chi connectivity index (χ1) is 16.2. The Hall–Kier alpha value is -2.58. The highest BCUT2D eigenvalue weighted by Gasteiger charge is 2.31. The Morgan fingerprint density at radius 3 is 2.18 bits per heavy atom. The molecule has 0 heterocycles. The Morgan fingerprint density at radius 1 is 0.824 bits per heavy atom. The second-order valence-electron chi connectivity index (χ2n) is 10.9. The standard InChI is InChI=1S/C18H15BrO.C14H18/c19-17-10-16-12(9-18(17)20)6-8-14-13-4-2-1-3-11(13)5-7-15(14)16;1-13(2)9-10-14(3,4)12-8-6-5-7-11(12)13/h2,4,6,8-10,20H,1,3,5,7H2;5-10H,1-4H3. The maximum atomic E-state index is 9.84. The van der Waals surface area contributed by atoms with Crippen molar-refractivity contribution in [3.8, 4) is 5.75 Å². The van der Waals surface area contributed by atoms with E-state index < -0.39 is 0 Å². The Kier molecular flexibility index (Phi) is 5.84. The predicted octanol–water partition coefficient (Wildman–Crippen LogP) is 9.17. The van der Waals surface area contributed by atoms with Gasteiger partial charge >= 0.3 is 0 Å². The van der Waals surface area contributed by atoms with Crippen LogP contribution < -0.4 is 0 Å². The van der Waals surface area contributed by atoms with E-state index >= 15 is 0 Å². The molecule has 0 atom stereocenters. The number of aryl methyl sites for hydroxylation is 1. The molecule has 3 aromatic rings. The van der Waals surface area contributed by atoms with Crippen molar-refractivity contribution in [3.63, 3.8) is 0 Å². The van der Waals surface area contributed by atoms with E-state index in [4.69, 9.17) is 0 Å². The van der Waals surface area contributed by atoms with Crippen LogP contribution in [0.25, 0.3) is 16.3 Å². The highest BCUT2D eigenvalue weighted by Crippen LogP contribution is 2.42. The highest BCUT2D eigenvalue weighted by molar-refractivity contribution is 9.10. The minimum Gasteiger partial charge on any atom is -0.507 e. The lowest BCUT2D eigenvalue weighted by Crippen LogP contribution is -2.28.